The van der Waals surface area contributed by atoms with Crippen LogP contribution in [0.15, 0.2) is 28.4 Å². The lowest BCUT2D eigenvalue weighted by Gasteiger charge is -2.14. The van der Waals surface area contributed by atoms with E-state index in [4.69, 9.17) is 0 Å². The van der Waals surface area contributed by atoms with Gasteiger partial charge in [0.05, 0.1) is 5.69 Å². The van der Waals surface area contributed by atoms with Crippen LogP contribution in [-0.4, -0.2) is 13.4 Å². The molecule has 0 unspecified atom stereocenters. The average Bonchev–Trinajstić information content (AvgIpc) is 2.10. The monoisotopic (exact) mass is 175 g/mol. The summed E-state index contributed by atoms with van der Waals surface area (Å²) in [4.78, 5) is 0. The van der Waals surface area contributed by atoms with Gasteiger partial charge in [-0.15, -0.1) is 0 Å². The van der Waals surface area contributed by atoms with Crippen LogP contribution in [-0.2, 0) is 0 Å². The van der Waals surface area contributed by atoms with Gasteiger partial charge in [0.1, 0.15) is 0 Å². The highest BCUT2D eigenvalue weighted by Gasteiger charge is 2.04. The predicted molar refractivity (Wildman–Crippen MR) is 57.5 cm³/mol. The second-order valence-electron chi connectivity index (χ2n) is 2.86. The van der Waals surface area contributed by atoms with Crippen molar-refractivity contribution in [1.29, 1.82) is 0 Å². The van der Waals surface area contributed by atoms with Crippen molar-refractivity contribution >= 4 is 19.1 Å². The predicted octanol–water partition coefficient (Wildman–Crippen LogP) is 2.34. The molecule has 1 aromatic carbocycles. The van der Waals surface area contributed by atoms with Crippen LogP contribution in [0.4, 0.5) is 5.69 Å². The van der Waals surface area contributed by atoms with Gasteiger partial charge in [0.15, 0.2) is 0 Å². The summed E-state index contributed by atoms with van der Waals surface area (Å²) in [6, 6.07) is 6.03. The number of anilines is 1. The topological polar surface area (TPSA) is 28.0 Å². The van der Waals surface area contributed by atoms with Crippen LogP contribution < -0.4 is 5.12 Å². The lowest BCUT2D eigenvalue weighted by atomic mass is 10.1. The van der Waals surface area contributed by atoms with Crippen LogP contribution in [0.5, 0.6) is 0 Å². The lowest BCUT2D eigenvalue weighted by molar-refractivity contribution is 0.937. The summed E-state index contributed by atoms with van der Waals surface area (Å²) in [7, 11) is 0. The van der Waals surface area contributed by atoms with Crippen molar-refractivity contribution in [3.05, 3.63) is 29.3 Å². The largest absolute Gasteiger partial charge is 0.167 e. The van der Waals surface area contributed by atoms with Gasteiger partial charge in [-0.05, 0) is 25.5 Å². The molecule has 0 amide bonds. The van der Waals surface area contributed by atoms with E-state index in [0.29, 0.717) is 0 Å². The summed E-state index contributed by atoms with van der Waals surface area (Å²) in [5.74, 6) is 0. The van der Waals surface area contributed by atoms with Crippen LogP contribution >= 0.6 is 0 Å². The molecule has 0 aliphatic rings. The molecule has 0 heterocycles. The Balaban J connectivity index is 3.13. The Labute approximate surface area is 78.4 Å². The van der Waals surface area contributed by atoms with E-state index >= 15 is 0 Å². The van der Waals surface area contributed by atoms with Gasteiger partial charge < -0.3 is 0 Å². The minimum atomic E-state index is 0.913. The Morgan fingerprint density at radius 2 is 1.77 bits per heavy atom. The quantitative estimate of drug-likeness (QED) is 0.512. The van der Waals surface area contributed by atoms with E-state index in [1.165, 1.54) is 10.7 Å². The van der Waals surface area contributed by atoms with Crippen molar-refractivity contribution in [3.63, 3.8) is 0 Å². The van der Waals surface area contributed by atoms with Gasteiger partial charge in [-0.2, -0.15) is 15.3 Å². The molecule has 1 aromatic rings. The minimum absolute atomic E-state index is 0.913. The summed E-state index contributed by atoms with van der Waals surface area (Å²) in [6.07, 6.45) is 0. The molecule has 0 radical (unpaired) electrons. The van der Waals surface area contributed by atoms with E-state index in [0.717, 1.165) is 11.3 Å². The first-order chi connectivity index (χ1) is 6.19. The lowest BCUT2D eigenvalue weighted by Crippen LogP contribution is -2.07. The fraction of sp³-hybridized carbons (Fsp3) is 0.200. The molecule has 13 heavy (non-hydrogen) atoms. The van der Waals surface area contributed by atoms with E-state index in [1.54, 1.807) is 0 Å². The first-order valence-corrected chi connectivity index (χ1v) is 3.99. The van der Waals surface area contributed by atoms with E-state index in [2.05, 4.69) is 29.7 Å². The Morgan fingerprint density at radius 1 is 1.15 bits per heavy atom. The highest BCUT2D eigenvalue weighted by atomic mass is 15.6. The Morgan fingerprint density at radius 3 is 2.23 bits per heavy atom. The van der Waals surface area contributed by atoms with Crippen LogP contribution in [0.3, 0.4) is 0 Å². The molecule has 68 valence electrons. The molecule has 3 nitrogen and oxygen atoms in total. The number of benzene rings is 1. The van der Waals surface area contributed by atoms with E-state index in [1.807, 2.05) is 26.0 Å². The molecule has 0 atom stereocenters. The SMILES string of the molecule is C=NN(N=C)c1ccc(C)cc1C. The minimum Gasteiger partial charge on any atom is -0.167 e. The summed E-state index contributed by atoms with van der Waals surface area (Å²) >= 11 is 0. The van der Waals surface area contributed by atoms with Gasteiger partial charge in [0.2, 0.25) is 0 Å². The number of nitrogens with zero attached hydrogens (tertiary/aromatic N) is 3. The molecule has 0 aliphatic carbocycles. The molecular weight excluding hydrogens is 162 g/mol. The standard InChI is InChI=1S/C10H13N3/c1-8-5-6-10(9(2)7-8)13(11-3)12-4/h5-7H,3-4H2,1-2H3. The molecule has 0 saturated heterocycles. The third-order valence-electron chi connectivity index (χ3n) is 1.84. The zero-order valence-electron chi connectivity index (χ0n) is 7.99. The average molecular weight is 175 g/mol. The molecule has 0 fully saturated rings. The highest BCUT2D eigenvalue weighted by Crippen LogP contribution is 2.21. The fourth-order valence-corrected chi connectivity index (χ4v) is 1.23. The number of hydrogen-bond acceptors (Lipinski definition) is 3. The maximum absolute atomic E-state index is 3.72. The van der Waals surface area contributed by atoms with Crippen LogP contribution in [0, 0.1) is 13.8 Å². The molecule has 0 saturated carbocycles. The third kappa shape index (κ3) is 1.93. The fourth-order valence-electron chi connectivity index (χ4n) is 1.23. The van der Waals surface area contributed by atoms with E-state index in [9.17, 15) is 0 Å². The number of hydrazone groups is 2. The summed E-state index contributed by atoms with van der Waals surface area (Å²) in [5, 5.41) is 8.85. The van der Waals surface area contributed by atoms with Crippen LogP contribution in [0.1, 0.15) is 11.1 Å². The molecule has 0 spiro atoms. The Bertz CT molecular complexity index is 323. The van der Waals surface area contributed by atoms with Gasteiger partial charge in [0.25, 0.3) is 0 Å². The summed E-state index contributed by atoms with van der Waals surface area (Å²) in [6.45, 7) is 10.9. The maximum atomic E-state index is 3.72. The van der Waals surface area contributed by atoms with Crippen LogP contribution in [0.25, 0.3) is 0 Å². The van der Waals surface area contributed by atoms with Gasteiger partial charge in [-0.25, -0.2) is 0 Å². The first-order valence-electron chi connectivity index (χ1n) is 3.99. The Kier molecular flexibility index (Phi) is 2.80. The van der Waals surface area contributed by atoms with Crippen molar-refractivity contribution < 1.29 is 0 Å². The second-order valence-corrected chi connectivity index (χ2v) is 2.86. The summed E-state index contributed by atoms with van der Waals surface area (Å²) in [5.41, 5.74) is 3.24. The molecule has 0 aliphatic heterocycles. The molecule has 1 rings (SSSR count). The zero-order valence-corrected chi connectivity index (χ0v) is 7.99. The highest BCUT2D eigenvalue weighted by molar-refractivity contribution is 5.55. The summed E-state index contributed by atoms with van der Waals surface area (Å²) < 4.78 is 0. The number of aryl methyl sites for hydroxylation is 2. The molecule has 0 N–H and O–H groups in total. The smallest absolute Gasteiger partial charge is 0.0885 e. The maximum Gasteiger partial charge on any atom is 0.0885 e. The van der Waals surface area contributed by atoms with Gasteiger partial charge in [-0.3, -0.25) is 0 Å². The van der Waals surface area contributed by atoms with Crippen molar-refractivity contribution in [2.45, 2.75) is 13.8 Å². The van der Waals surface area contributed by atoms with Crippen molar-refractivity contribution in [1.82, 2.24) is 0 Å². The molecule has 0 aromatic heterocycles. The second kappa shape index (κ2) is 3.85. The first kappa shape index (κ1) is 9.45. The van der Waals surface area contributed by atoms with Gasteiger partial charge in [0, 0.05) is 13.4 Å². The molecular formula is C10H13N3. The molecule has 3 heteroatoms. The van der Waals surface area contributed by atoms with Crippen molar-refractivity contribution in [3.8, 4) is 0 Å². The van der Waals surface area contributed by atoms with Gasteiger partial charge >= 0.3 is 0 Å². The molecule has 0 bridgehead atoms. The van der Waals surface area contributed by atoms with Gasteiger partial charge in [-0.1, -0.05) is 17.7 Å². The van der Waals surface area contributed by atoms with Crippen LogP contribution in [0.2, 0.25) is 0 Å². The normalized spacial score (nSPS) is 9.38. The number of rotatable bonds is 3. The van der Waals surface area contributed by atoms with Crippen molar-refractivity contribution in [2.24, 2.45) is 10.2 Å². The third-order valence-corrected chi connectivity index (χ3v) is 1.84. The number of hydrogen-bond donors (Lipinski definition) is 0. The van der Waals surface area contributed by atoms with E-state index < -0.39 is 0 Å². The Hall–Kier alpha value is -1.64. The zero-order chi connectivity index (χ0) is 9.84. The van der Waals surface area contributed by atoms with Crippen molar-refractivity contribution in [2.75, 3.05) is 5.12 Å². The van der Waals surface area contributed by atoms with E-state index in [-0.39, 0.29) is 0 Å².